The Morgan fingerprint density at radius 3 is 2.53 bits per heavy atom. The molecular weight excluding hydrogens is 212 g/mol. The first kappa shape index (κ1) is 13.7. The van der Waals surface area contributed by atoms with Crippen LogP contribution in [-0.4, -0.2) is 19.0 Å². The Labute approximate surface area is 104 Å². The maximum Gasteiger partial charge on any atom is 0.226 e. The van der Waals surface area contributed by atoms with Crippen LogP contribution in [0, 0.1) is 13.8 Å². The summed E-state index contributed by atoms with van der Waals surface area (Å²) in [6, 6.07) is 6.14. The first-order valence-electron chi connectivity index (χ1n) is 6.01. The van der Waals surface area contributed by atoms with Gasteiger partial charge in [0, 0.05) is 25.2 Å². The Kier molecular flexibility index (Phi) is 4.70. The van der Waals surface area contributed by atoms with Crippen LogP contribution in [0.15, 0.2) is 18.2 Å². The van der Waals surface area contributed by atoms with Gasteiger partial charge < -0.3 is 10.6 Å². The van der Waals surface area contributed by atoms with Gasteiger partial charge in [0.05, 0.1) is 0 Å². The summed E-state index contributed by atoms with van der Waals surface area (Å²) < 4.78 is 0. The van der Waals surface area contributed by atoms with Crippen molar-refractivity contribution in [3.05, 3.63) is 29.3 Å². The number of hydrogen-bond donors (Lipinski definition) is 1. The van der Waals surface area contributed by atoms with Crippen LogP contribution in [0.4, 0.5) is 5.69 Å². The summed E-state index contributed by atoms with van der Waals surface area (Å²) >= 11 is 0. The molecule has 3 heteroatoms. The van der Waals surface area contributed by atoms with E-state index in [0.717, 1.165) is 12.1 Å². The fourth-order valence-corrected chi connectivity index (χ4v) is 1.60. The molecule has 94 valence electrons. The molecular formula is C14H22N2O. The topological polar surface area (TPSA) is 46.3 Å². The van der Waals surface area contributed by atoms with Gasteiger partial charge in [0.15, 0.2) is 0 Å². The van der Waals surface area contributed by atoms with Crippen LogP contribution in [0.3, 0.4) is 0 Å². The molecule has 0 saturated carbocycles. The smallest absolute Gasteiger partial charge is 0.226 e. The van der Waals surface area contributed by atoms with Crippen molar-refractivity contribution in [2.45, 2.75) is 39.7 Å². The second-order valence-corrected chi connectivity index (χ2v) is 4.74. The van der Waals surface area contributed by atoms with Gasteiger partial charge >= 0.3 is 0 Å². The largest absolute Gasteiger partial charge is 0.328 e. The Morgan fingerprint density at radius 1 is 1.35 bits per heavy atom. The molecule has 0 aliphatic rings. The number of hydrogen-bond acceptors (Lipinski definition) is 2. The van der Waals surface area contributed by atoms with E-state index in [9.17, 15) is 4.79 Å². The highest BCUT2D eigenvalue weighted by Crippen LogP contribution is 2.18. The number of nitrogens with zero attached hydrogens (tertiary/aromatic N) is 1. The molecule has 1 rings (SSSR count). The van der Waals surface area contributed by atoms with E-state index in [-0.39, 0.29) is 11.9 Å². The SMILES string of the molecule is Cc1ccc(N(C)C(=O)CCC(C)N)cc1C. The predicted octanol–water partition coefficient (Wildman–Crippen LogP) is 2.39. The maximum absolute atomic E-state index is 11.9. The molecule has 2 N–H and O–H groups in total. The standard InChI is InChI=1S/C14H22N2O/c1-10-5-7-13(9-11(10)2)16(4)14(17)8-6-12(3)15/h5,7,9,12H,6,8,15H2,1-4H3. The van der Waals surface area contributed by atoms with E-state index >= 15 is 0 Å². The summed E-state index contributed by atoms with van der Waals surface area (Å²) in [7, 11) is 1.81. The highest BCUT2D eigenvalue weighted by molar-refractivity contribution is 5.92. The van der Waals surface area contributed by atoms with Gasteiger partial charge in [-0.2, -0.15) is 0 Å². The van der Waals surface area contributed by atoms with E-state index in [1.165, 1.54) is 11.1 Å². The molecule has 0 bridgehead atoms. The van der Waals surface area contributed by atoms with Gasteiger partial charge in [0.2, 0.25) is 5.91 Å². The lowest BCUT2D eigenvalue weighted by Crippen LogP contribution is -2.28. The van der Waals surface area contributed by atoms with Gasteiger partial charge in [-0.05, 0) is 50.5 Å². The number of carbonyl (C=O) groups excluding carboxylic acids is 1. The van der Waals surface area contributed by atoms with E-state index < -0.39 is 0 Å². The molecule has 1 atom stereocenters. The summed E-state index contributed by atoms with van der Waals surface area (Å²) in [5, 5.41) is 0. The Morgan fingerprint density at radius 2 is 2.00 bits per heavy atom. The fourth-order valence-electron chi connectivity index (χ4n) is 1.60. The summed E-state index contributed by atoms with van der Waals surface area (Å²) in [6.07, 6.45) is 1.23. The van der Waals surface area contributed by atoms with E-state index in [1.807, 2.05) is 32.2 Å². The van der Waals surface area contributed by atoms with Crippen LogP contribution in [0.5, 0.6) is 0 Å². The van der Waals surface area contributed by atoms with Crippen molar-refractivity contribution in [3.63, 3.8) is 0 Å². The third kappa shape index (κ3) is 3.86. The number of anilines is 1. The third-order valence-corrected chi connectivity index (χ3v) is 3.07. The minimum atomic E-state index is 0.0760. The van der Waals surface area contributed by atoms with Crippen LogP contribution in [0.2, 0.25) is 0 Å². The number of aryl methyl sites for hydroxylation is 2. The lowest BCUT2D eigenvalue weighted by atomic mass is 10.1. The van der Waals surface area contributed by atoms with Crippen molar-refractivity contribution < 1.29 is 4.79 Å². The van der Waals surface area contributed by atoms with Gasteiger partial charge in [-0.15, -0.1) is 0 Å². The maximum atomic E-state index is 11.9. The lowest BCUT2D eigenvalue weighted by Gasteiger charge is -2.19. The van der Waals surface area contributed by atoms with Crippen LogP contribution >= 0.6 is 0 Å². The van der Waals surface area contributed by atoms with Crippen LogP contribution in [0.1, 0.15) is 30.9 Å². The Hall–Kier alpha value is -1.35. The van der Waals surface area contributed by atoms with Gasteiger partial charge in [0.1, 0.15) is 0 Å². The molecule has 1 aromatic rings. The van der Waals surface area contributed by atoms with Gasteiger partial charge in [-0.3, -0.25) is 4.79 Å². The van der Waals surface area contributed by atoms with Crippen molar-refractivity contribution in [3.8, 4) is 0 Å². The van der Waals surface area contributed by atoms with Crippen LogP contribution < -0.4 is 10.6 Å². The minimum Gasteiger partial charge on any atom is -0.328 e. The highest BCUT2D eigenvalue weighted by atomic mass is 16.2. The Bertz CT molecular complexity index is 399. The molecule has 0 aliphatic carbocycles. The second kappa shape index (κ2) is 5.82. The molecule has 0 aliphatic heterocycles. The van der Waals surface area contributed by atoms with E-state index in [2.05, 4.69) is 13.8 Å². The molecule has 0 heterocycles. The zero-order chi connectivity index (χ0) is 13.0. The molecule has 0 spiro atoms. The fraction of sp³-hybridized carbons (Fsp3) is 0.500. The summed E-state index contributed by atoms with van der Waals surface area (Å²) in [5.74, 6) is 0.116. The van der Waals surface area contributed by atoms with Crippen molar-refractivity contribution in [1.82, 2.24) is 0 Å². The third-order valence-electron chi connectivity index (χ3n) is 3.07. The zero-order valence-corrected chi connectivity index (χ0v) is 11.2. The first-order valence-corrected chi connectivity index (χ1v) is 6.01. The van der Waals surface area contributed by atoms with Crippen molar-refractivity contribution in [1.29, 1.82) is 0 Å². The summed E-state index contributed by atoms with van der Waals surface area (Å²) in [6.45, 7) is 6.04. The molecule has 3 nitrogen and oxygen atoms in total. The van der Waals surface area contributed by atoms with Gasteiger partial charge in [-0.25, -0.2) is 0 Å². The average Bonchev–Trinajstić information content (AvgIpc) is 2.28. The van der Waals surface area contributed by atoms with Gasteiger partial charge in [0.25, 0.3) is 0 Å². The quantitative estimate of drug-likeness (QED) is 0.869. The number of carbonyl (C=O) groups is 1. The predicted molar refractivity (Wildman–Crippen MR) is 72.2 cm³/mol. The monoisotopic (exact) mass is 234 g/mol. The van der Waals surface area contributed by atoms with Crippen LogP contribution in [-0.2, 0) is 4.79 Å². The molecule has 0 aromatic heterocycles. The zero-order valence-electron chi connectivity index (χ0n) is 11.2. The molecule has 0 fully saturated rings. The summed E-state index contributed by atoms with van der Waals surface area (Å²) in [5.41, 5.74) is 9.04. The van der Waals surface area contributed by atoms with Crippen LogP contribution in [0.25, 0.3) is 0 Å². The number of nitrogens with two attached hydrogens (primary N) is 1. The molecule has 17 heavy (non-hydrogen) atoms. The number of benzene rings is 1. The summed E-state index contributed by atoms with van der Waals surface area (Å²) in [4.78, 5) is 13.6. The molecule has 1 aromatic carbocycles. The number of amides is 1. The lowest BCUT2D eigenvalue weighted by molar-refractivity contribution is -0.118. The first-order chi connectivity index (χ1) is 7.91. The van der Waals surface area contributed by atoms with E-state index in [4.69, 9.17) is 5.73 Å². The van der Waals surface area contributed by atoms with Crippen molar-refractivity contribution >= 4 is 11.6 Å². The van der Waals surface area contributed by atoms with Crippen molar-refractivity contribution in [2.24, 2.45) is 5.73 Å². The normalized spacial score (nSPS) is 12.3. The number of rotatable bonds is 4. The molecule has 0 saturated heterocycles. The Balaban J connectivity index is 2.71. The molecule has 1 unspecified atom stereocenters. The van der Waals surface area contributed by atoms with E-state index in [1.54, 1.807) is 4.90 Å². The second-order valence-electron chi connectivity index (χ2n) is 4.74. The van der Waals surface area contributed by atoms with E-state index in [0.29, 0.717) is 6.42 Å². The average molecular weight is 234 g/mol. The molecule has 0 radical (unpaired) electrons. The minimum absolute atomic E-state index is 0.0760. The van der Waals surface area contributed by atoms with Crippen molar-refractivity contribution in [2.75, 3.05) is 11.9 Å². The highest BCUT2D eigenvalue weighted by Gasteiger charge is 2.11. The molecule has 1 amide bonds. The van der Waals surface area contributed by atoms with Gasteiger partial charge in [-0.1, -0.05) is 6.07 Å².